The first-order valence-corrected chi connectivity index (χ1v) is 6.45. The number of hydrogen-bond acceptors (Lipinski definition) is 3. The Morgan fingerprint density at radius 3 is 2.33 bits per heavy atom. The molecule has 1 atom stereocenters. The van der Waals surface area contributed by atoms with Crippen LogP contribution in [0.5, 0.6) is 0 Å². The van der Waals surface area contributed by atoms with Gasteiger partial charge in [0.1, 0.15) is 6.10 Å². The van der Waals surface area contributed by atoms with Gasteiger partial charge in [-0.15, -0.1) is 0 Å². The maximum absolute atomic E-state index is 12.2. The lowest BCUT2D eigenvalue weighted by Gasteiger charge is -2.44. The van der Waals surface area contributed by atoms with Gasteiger partial charge in [-0.2, -0.15) is 0 Å². The molecule has 1 fully saturated rings. The van der Waals surface area contributed by atoms with Crippen LogP contribution in [0.15, 0.2) is 0 Å². The summed E-state index contributed by atoms with van der Waals surface area (Å²) in [7, 11) is 3.19. The molecular weight excluding hydrogens is 234 g/mol. The van der Waals surface area contributed by atoms with Crippen molar-refractivity contribution >= 4 is 11.9 Å². The molecule has 5 nitrogen and oxygen atoms in total. The highest BCUT2D eigenvalue weighted by Gasteiger charge is 2.41. The topological polar surface area (TPSA) is 66.8 Å². The molecule has 1 amide bonds. The van der Waals surface area contributed by atoms with Crippen LogP contribution in [0.4, 0.5) is 0 Å². The predicted molar refractivity (Wildman–Crippen MR) is 67.3 cm³/mol. The Bertz CT molecular complexity index is 310. The van der Waals surface area contributed by atoms with E-state index in [9.17, 15) is 9.59 Å². The SMILES string of the molecule is COC(C)C(=O)N(C)C1(CC(=O)O)CCCCC1. The molecule has 1 aliphatic carbocycles. The minimum Gasteiger partial charge on any atom is -0.481 e. The fraction of sp³-hybridized carbons (Fsp3) is 0.846. The number of likely N-dealkylation sites (N-methyl/N-ethyl adjacent to an activating group) is 1. The maximum atomic E-state index is 12.2. The van der Waals surface area contributed by atoms with Gasteiger partial charge in [0.05, 0.1) is 12.0 Å². The summed E-state index contributed by atoms with van der Waals surface area (Å²) < 4.78 is 5.04. The first-order valence-electron chi connectivity index (χ1n) is 6.45. The van der Waals surface area contributed by atoms with Crippen LogP contribution in [-0.2, 0) is 14.3 Å². The van der Waals surface area contributed by atoms with Crippen molar-refractivity contribution in [1.29, 1.82) is 0 Å². The standard InChI is InChI=1S/C13H23NO4/c1-10(18-3)12(17)14(2)13(9-11(15)16)7-5-4-6-8-13/h10H,4-9H2,1-3H3,(H,15,16). The molecule has 1 rings (SSSR count). The fourth-order valence-corrected chi connectivity index (χ4v) is 2.73. The van der Waals surface area contributed by atoms with Gasteiger partial charge in [-0.25, -0.2) is 0 Å². The van der Waals surface area contributed by atoms with Crippen molar-refractivity contribution < 1.29 is 19.4 Å². The van der Waals surface area contributed by atoms with Crippen LogP contribution in [0, 0.1) is 0 Å². The number of amides is 1. The number of carbonyl (C=O) groups excluding carboxylic acids is 1. The van der Waals surface area contributed by atoms with Crippen LogP contribution in [0.3, 0.4) is 0 Å². The Morgan fingerprint density at radius 2 is 1.89 bits per heavy atom. The van der Waals surface area contributed by atoms with E-state index in [2.05, 4.69) is 0 Å². The average Bonchev–Trinajstić information content (AvgIpc) is 2.36. The smallest absolute Gasteiger partial charge is 0.305 e. The van der Waals surface area contributed by atoms with Crippen molar-refractivity contribution in [2.24, 2.45) is 0 Å². The molecule has 0 heterocycles. The van der Waals surface area contributed by atoms with E-state index < -0.39 is 17.6 Å². The summed E-state index contributed by atoms with van der Waals surface area (Å²) in [6.45, 7) is 1.69. The van der Waals surface area contributed by atoms with E-state index in [1.54, 1.807) is 18.9 Å². The third-order valence-electron chi connectivity index (χ3n) is 4.01. The highest BCUT2D eigenvalue weighted by atomic mass is 16.5. The monoisotopic (exact) mass is 257 g/mol. The van der Waals surface area contributed by atoms with Crippen molar-refractivity contribution in [3.63, 3.8) is 0 Å². The van der Waals surface area contributed by atoms with Crippen LogP contribution in [-0.4, -0.2) is 47.7 Å². The molecule has 0 aromatic heterocycles. The summed E-state index contributed by atoms with van der Waals surface area (Å²) in [5.41, 5.74) is -0.534. The second-order valence-electron chi connectivity index (χ2n) is 5.13. The summed E-state index contributed by atoms with van der Waals surface area (Å²) in [5, 5.41) is 9.09. The molecule has 18 heavy (non-hydrogen) atoms. The minimum atomic E-state index is -0.846. The number of nitrogens with zero attached hydrogens (tertiary/aromatic N) is 1. The molecule has 1 unspecified atom stereocenters. The summed E-state index contributed by atoms with van der Waals surface area (Å²) in [6, 6.07) is 0. The third-order valence-corrected chi connectivity index (χ3v) is 4.01. The molecule has 1 saturated carbocycles. The van der Waals surface area contributed by atoms with E-state index in [1.807, 2.05) is 0 Å². The number of ether oxygens (including phenoxy) is 1. The Hall–Kier alpha value is -1.10. The van der Waals surface area contributed by atoms with Crippen molar-refractivity contribution in [1.82, 2.24) is 4.90 Å². The molecule has 0 bridgehead atoms. The van der Waals surface area contributed by atoms with Crippen LogP contribution >= 0.6 is 0 Å². The van der Waals surface area contributed by atoms with E-state index in [-0.39, 0.29) is 12.3 Å². The van der Waals surface area contributed by atoms with Gasteiger partial charge in [0, 0.05) is 14.2 Å². The quantitative estimate of drug-likeness (QED) is 0.813. The first kappa shape index (κ1) is 15.0. The van der Waals surface area contributed by atoms with Gasteiger partial charge in [0.2, 0.25) is 0 Å². The van der Waals surface area contributed by atoms with Gasteiger partial charge < -0.3 is 14.7 Å². The van der Waals surface area contributed by atoms with Gasteiger partial charge in [-0.1, -0.05) is 19.3 Å². The van der Waals surface area contributed by atoms with E-state index in [1.165, 1.54) is 7.11 Å². The maximum Gasteiger partial charge on any atom is 0.305 e. The molecule has 0 saturated heterocycles. The number of methoxy groups -OCH3 is 1. The van der Waals surface area contributed by atoms with E-state index >= 15 is 0 Å². The molecule has 5 heteroatoms. The number of carbonyl (C=O) groups is 2. The summed E-state index contributed by atoms with van der Waals surface area (Å²) in [6.07, 6.45) is 4.09. The zero-order chi connectivity index (χ0) is 13.8. The van der Waals surface area contributed by atoms with E-state index in [4.69, 9.17) is 9.84 Å². The number of aliphatic carboxylic acids is 1. The number of carboxylic acids is 1. The molecule has 0 spiro atoms. The minimum absolute atomic E-state index is 0.0195. The van der Waals surface area contributed by atoms with Gasteiger partial charge in [0.25, 0.3) is 5.91 Å². The normalized spacial score (nSPS) is 20.2. The molecule has 1 aliphatic rings. The van der Waals surface area contributed by atoms with E-state index in [0.717, 1.165) is 32.1 Å². The molecular formula is C13H23NO4. The summed E-state index contributed by atoms with van der Waals surface area (Å²) in [4.78, 5) is 24.8. The molecule has 0 aromatic carbocycles. The number of carboxylic acid groups (broad SMARTS) is 1. The average molecular weight is 257 g/mol. The predicted octanol–water partition coefficient (Wildman–Crippen LogP) is 1.66. The summed E-state index contributed by atoms with van der Waals surface area (Å²) in [5.74, 6) is -0.984. The second kappa shape index (κ2) is 6.18. The number of hydrogen-bond donors (Lipinski definition) is 1. The zero-order valence-electron chi connectivity index (χ0n) is 11.4. The first-order chi connectivity index (χ1) is 8.43. The lowest BCUT2D eigenvalue weighted by Crippen LogP contribution is -2.54. The molecule has 0 aromatic rings. The highest BCUT2D eigenvalue weighted by Crippen LogP contribution is 2.36. The second-order valence-corrected chi connectivity index (χ2v) is 5.13. The lowest BCUT2D eigenvalue weighted by atomic mass is 9.78. The van der Waals surface area contributed by atoms with Crippen LogP contribution in [0.2, 0.25) is 0 Å². The highest BCUT2D eigenvalue weighted by molar-refractivity contribution is 5.82. The molecule has 104 valence electrons. The Morgan fingerprint density at radius 1 is 1.33 bits per heavy atom. The lowest BCUT2D eigenvalue weighted by molar-refractivity contribution is -0.151. The van der Waals surface area contributed by atoms with Gasteiger partial charge in [-0.05, 0) is 19.8 Å². The Balaban J connectivity index is 2.88. The van der Waals surface area contributed by atoms with Crippen LogP contribution in [0.25, 0.3) is 0 Å². The zero-order valence-corrected chi connectivity index (χ0v) is 11.4. The molecule has 0 aliphatic heterocycles. The van der Waals surface area contributed by atoms with Gasteiger partial charge in [0.15, 0.2) is 0 Å². The molecule has 1 N–H and O–H groups in total. The van der Waals surface area contributed by atoms with Crippen molar-refractivity contribution in [3.05, 3.63) is 0 Å². The van der Waals surface area contributed by atoms with Crippen molar-refractivity contribution in [2.45, 2.75) is 57.1 Å². The van der Waals surface area contributed by atoms with E-state index in [0.29, 0.717) is 0 Å². The molecule has 0 radical (unpaired) electrons. The third kappa shape index (κ3) is 3.22. The van der Waals surface area contributed by atoms with Crippen LogP contribution in [0.1, 0.15) is 45.4 Å². The van der Waals surface area contributed by atoms with Gasteiger partial charge in [-0.3, -0.25) is 9.59 Å². The Kier molecular flexibility index (Phi) is 5.14. The van der Waals surface area contributed by atoms with Crippen molar-refractivity contribution in [2.75, 3.05) is 14.2 Å². The van der Waals surface area contributed by atoms with Crippen LogP contribution < -0.4 is 0 Å². The fourth-order valence-electron chi connectivity index (χ4n) is 2.73. The largest absolute Gasteiger partial charge is 0.481 e. The van der Waals surface area contributed by atoms with Gasteiger partial charge >= 0.3 is 5.97 Å². The van der Waals surface area contributed by atoms with Crippen molar-refractivity contribution in [3.8, 4) is 0 Å². The number of rotatable bonds is 5. The summed E-state index contributed by atoms with van der Waals surface area (Å²) >= 11 is 0. The Labute approximate surface area is 108 Å².